The summed E-state index contributed by atoms with van der Waals surface area (Å²) < 4.78 is 10.5. The molecule has 0 radical (unpaired) electrons. The number of nitrogens with zero attached hydrogens (tertiary/aromatic N) is 1. The smallest absolute Gasteiger partial charge is 0.314 e. The average Bonchev–Trinajstić information content (AvgIpc) is 3.22. The summed E-state index contributed by atoms with van der Waals surface area (Å²) >= 11 is 0. The first-order valence-corrected chi connectivity index (χ1v) is 5.93. The Labute approximate surface area is 105 Å². The Balaban J connectivity index is 2.00. The molecule has 1 aromatic carbocycles. The van der Waals surface area contributed by atoms with Gasteiger partial charge in [0.2, 0.25) is 0 Å². The Morgan fingerprint density at radius 1 is 1.33 bits per heavy atom. The number of hydrogen-bond acceptors (Lipinski definition) is 4. The van der Waals surface area contributed by atoms with Gasteiger partial charge in [-0.3, -0.25) is 4.79 Å². The molecule has 92 valence electrons. The van der Waals surface area contributed by atoms with Crippen molar-refractivity contribution in [2.75, 3.05) is 7.11 Å². The summed E-state index contributed by atoms with van der Waals surface area (Å²) in [6.07, 6.45) is 1.84. The number of hydrogen-bond donors (Lipinski definition) is 0. The van der Waals surface area contributed by atoms with Crippen molar-refractivity contribution < 1.29 is 14.3 Å². The molecule has 4 heteroatoms. The van der Waals surface area contributed by atoms with Gasteiger partial charge in [0, 0.05) is 5.39 Å². The molecule has 4 nitrogen and oxygen atoms in total. The third-order valence-corrected chi connectivity index (χ3v) is 2.97. The van der Waals surface area contributed by atoms with Crippen molar-refractivity contribution in [2.24, 2.45) is 5.92 Å². The van der Waals surface area contributed by atoms with Gasteiger partial charge in [-0.15, -0.1) is 0 Å². The van der Waals surface area contributed by atoms with Crippen LogP contribution in [0.3, 0.4) is 0 Å². The zero-order valence-corrected chi connectivity index (χ0v) is 10.1. The summed E-state index contributed by atoms with van der Waals surface area (Å²) in [4.78, 5) is 16.0. The van der Waals surface area contributed by atoms with Crippen LogP contribution >= 0.6 is 0 Å². The zero-order chi connectivity index (χ0) is 12.5. The standard InChI is InChI=1S/C14H13NO3/c1-17-13-12(18-14(16)9-6-7-9)8-10-4-2-3-5-11(10)15-13/h2-5,8-9H,6-7H2,1H3. The summed E-state index contributed by atoms with van der Waals surface area (Å²) in [6.45, 7) is 0. The van der Waals surface area contributed by atoms with Crippen LogP contribution in [-0.4, -0.2) is 18.1 Å². The average molecular weight is 243 g/mol. The third-order valence-electron chi connectivity index (χ3n) is 2.97. The van der Waals surface area contributed by atoms with Crippen LogP contribution in [-0.2, 0) is 4.79 Å². The fraction of sp³-hybridized carbons (Fsp3) is 0.286. The molecule has 1 aliphatic rings. The summed E-state index contributed by atoms with van der Waals surface area (Å²) in [6, 6.07) is 9.44. The molecule has 0 aliphatic heterocycles. The van der Waals surface area contributed by atoms with Gasteiger partial charge in [-0.25, -0.2) is 4.98 Å². The highest BCUT2D eigenvalue weighted by Crippen LogP contribution is 2.34. The fourth-order valence-electron chi connectivity index (χ4n) is 1.81. The number of ether oxygens (including phenoxy) is 2. The van der Waals surface area contributed by atoms with Crippen LogP contribution in [0.15, 0.2) is 30.3 Å². The Morgan fingerprint density at radius 2 is 2.11 bits per heavy atom. The van der Waals surface area contributed by atoms with Crippen molar-refractivity contribution in [1.82, 2.24) is 4.98 Å². The largest absolute Gasteiger partial charge is 0.478 e. The number of fused-ring (bicyclic) bond motifs is 1. The number of rotatable bonds is 3. The second kappa shape index (κ2) is 4.29. The van der Waals surface area contributed by atoms with Gasteiger partial charge in [-0.1, -0.05) is 18.2 Å². The topological polar surface area (TPSA) is 48.4 Å². The van der Waals surface area contributed by atoms with E-state index >= 15 is 0 Å². The molecule has 0 N–H and O–H groups in total. The molecule has 0 spiro atoms. The molecule has 1 saturated carbocycles. The van der Waals surface area contributed by atoms with Crippen molar-refractivity contribution >= 4 is 16.9 Å². The van der Waals surface area contributed by atoms with Crippen LogP contribution in [0.4, 0.5) is 0 Å². The number of aromatic nitrogens is 1. The minimum absolute atomic E-state index is 0.0566. The monoisotopic (exact) mass is 243 g/mol. The van der Waals surface area contributed by atoms with E-state index in [1.54, 1.807) is 6.07 Å². The maximum absolute atomic E-state index is 11.7. The number of benzene rings is 1. The summed E-state index contributed by atoms with van der Waals surface area (Å²) in [7, 11) is 1.52. The van der Waals surface area contributed by atoms with Crippen molar-refractivity contribution in [3.05, 3.63) is 30.3 Å². The van der Waals surface area contributed by atoms with Crippen molar-refractivity contribution in [1.29, 1.82) is 0 Å². The lowest BCUT2D eigenvalue weighted by Gasteiger charge is -2.09. The van der Waals surface area contributed by atoms with Crippen molar-refractivity contribution in [3.8, 4) is 11.6 Å². The zero-order valence-electron chi connectivity index (χ0n) is 10.1. The minimum Gasteiger partial charge on any atom is -0.478 e. The molecule has 18 heavy (non-hydrogen) atoms. The molecule has 1 aromatic heterocycles. The number of methoxy groups -OCH3 is 1. The van der Waals surface area contributed by atoms with Gasteiger partial charge in [0.15, 0.2) is 5.75 Å². The maximum atomic E-state index is 11.7. The Bertz CT molecular complexity index is 605. The van der Waals surface area contributed by atoms with Crippen LogP contribution in [0.5, 0.6) is 11.6 Å². The third kappa shape index (κ3) is 2.01. The Hall–Kier alpha value is -2.10. The molecule has 1 fully saturated rings. The lowest BCUT2D eigenvalue weighted by Crippen LogP contribution is -2.11. The molecule has 0 saturated heterocycles. The predicted octanol–water partition coefficient (Wildman–Crippen LogP) is 2.56. The van der Waals surface area contributed by atoms with Crippen LogP contribution in [0.1, 0.15) is 12.8 Å². The molecule has 3 rings (SSSR count). The molecule has 1 heterocycles. The second-order valence-corrected chi connectivity index (χ2v) is 4.38. The van der Waals surface area contributed by atoms with E-state index in [0.29, 0.717) is 11.6 Å². The van der Waals surface area contributed by atoms with Gasteiger partial charge < -0.3 is 9.47 Å². The highest BCUT2D eigenvalue weighted by Gasteiger charge is 2.32. The van der Waals surface area contributed by atoms with Crippen LogP contribution in [0.25, 0.3) is 10.9 Å². The van der Waals surface area contributed by atoms with Gasteiger partial charge in [-0.05, 0) is 25.0 Å². The fourth-order valence-corrected chi connectivity index (χ4v) is 1.81. The summed E-state index contributed by atoms with van der Waals surface area (Å²) in [5.74, 6) is 0.613. The van der Waals surface area contributed by atoms with E-state index in [2.05, 4.69) is 4.98 Å². The van der Waals surface area contributed by atoms with Gasteiger partial charge in [0.25, 0.3) is 5.88 Å². The van der Waals surface area contributed by atoms with E-state index in [1.165, 1.54) is 7.11 Å². The van der Waals surface area contributed by atoms with E-state index in [1.807, 2.05) is 24.3 Å². The normalized spacial score (nSPS) is 14.5. The van der Waals surface area contributed by atoms with Crippen LogP contribution in [0.2, 0.25) is 0 Å². The molecule has 0 amide bonds. The van der Waals surface area contributed by atoms with Gasteiger partial charge >= 0.3 is 5.97 Å². The summed E-state index contributed by atoms with van der Waals surface area (Å²) in [5, 5.41) is 0.928. The van der Waals surface area contributed by atoms with Crippen LogP contribution in [0, 0.1) is 5.92 Å². The molecular weight excluding hydrogens is 230 g/mol. The predicted molar refractivity (Wildman–Crippen MR) is 66.7 cm³/mol. The lowest BCUT2D eigenvalue weighted by atomic mass is 10.2. The minimum atomic E-state index is -0.189. The van der Waals surface area contributed by atoms with Crippen molar-refractivity contribution in [3.63, 3.8) is 0 Å². The number of pyridine rings is 1. The van der Waals surface area contributed by atoms with E-state index in [4.69, 9.17) is 9.47 Å². The molecule has 0 atom stereocenters. The van der Waals surface area contributed by atoms with E-state index in [9.17, 15) is 4.79 Å². The first kappa shape index (κ1) is 11.0. The number of carbonyl (C=O) groups is 1. The van der Waals surface area contributed by atoms with E-state index in [-0.39, 0.29) is 11.9 Å². The SMILES string of the molecule is COc1nc2ccccc2cc1OC(=O)C1CC1. The Kier molecular flexibility index (Phi) is 2.63. The molecule has 2 aromatic rings. The van der Waals surface area contributed by atoms with Crippen molar-refractivity contribution in [2.45, 2.75) is 12.8 Å². The van der Waals surface area contributed by atoms with Gasteiger partial charge in [0.1, 0.15) is 0 Å². The highest BCUT2D eigenvalue weighted by atomic mass is 16.6. The van der Waals surface area contributed by atoms with Gasteiger partial charge in [-0.2, -0.15) is 0 Å². The first-order valence-electron chi connectivity index (χ1n) is 5.93. The number of esters is 1. The molecular formula is C14H13NO3. The van der Waals surface area contributed by atoms with E-state index in [0.717, 1.165) is 23.7 Å². The Morgan fingerprint density at radius 3 is 2.83 bits per heavy atom. The van der Waals surface area contributed by atoms with E-state index < -0.39 is 0 Å². The molecule has 0 unspecified atom stereocenters. The molecule has 1 aliphatic carbocycles. The number of para-hydroxylation sites is 1. The lowest BCUT2D eigenvalue weighted by molar-refractivity contribution is -0.135. The van der Waals surface area contributed by atoms with Gasteiger partial charge in [0.05, 0.1) is 18.5 Å². The summed E-state index contributed by atoms with van der Waals surface area (Å²) in [5.41, 5.74) is 0.820. The number of carbonyl (C=O) groups excluding carboxylic acids is 1. The quantitative estimate of drug-likeness (QED) is 0.777. The highest BCUT2D eigenvalue weighted by molar-refractivity contribution is 5.83. The first-order chi connectivity index (χ1) is 8.78. The van der Waals surface area contributed by atoms with Crippen LogP contribution < -0.4 is 9.47 Å². The maximum Gasteiger partial charge on any atom is 0.314 e. The molecule has 0 bridgehead atoms. The second-order valence-electron chi connectivity index (χ2n) is 4.38.